The third-order valence-corrected chi connectivity index (χ3v) is 3.81. The van der Waals surface area contributed by atoms with Crippen LogP contribution in [-0.4, -0.2) is 39.3 Å². The Bertz CT molecular complexity index is 749. The molecule has 7 heteroatoms. The number of carbonyl (C=O) groups is 2. The lowest BCUT2D eigenvalue weighted by atomic mass is 10.1. The average Bonchev–Trinajstić information content (AvgIpc) is 2.71. The predicted molar refractivity (Wildman–Crippen MR) is 101 cm³/mol. The van der Waals surface area contributed by atoms with Gasteiger partial charge in [0.1, 0.15) is 18.1 Å². The third kappa shape index (κ3) is 6.89. The Balaban J connectivity index is 1.68. The second-order valence-electron chi connectivity index (χ2n) is 5.69. The van der Waals surface area contributed by atoms with E-state index >= 15 is 0 Å². The topological polar surface area (TPSA) is 85.9 Å². The Morgan fingerprint density at radius 3 is 2.44 bits per heavy atom. The smallest absolute Gasteiger partial charge is 0.407 e. The van der Waals surface area contributed by atoms with Crippen LogP contribution in [0.1, 0.15) is 11.1 Å². The highest BCUT2D eigenvalue weighted by atomic mass is 16.5. The minimum Gasteiger partial charge on any atom is -0.497 e. The van der Waals surface area contributed by atoms with Gasteiger partial charge in [-0.2, -0.15) is 0 Å². The number of ether oxygens (including phenoxy) is 3. The van der Waals surface area contributed by atoms with Crippen molar-refractivity contribution < 1.29 is 23.8 Å². The molecule has 0 spiro atoms. The number of methoxy groups -OCH3 is 2. The molecule has 0 saturated carbocycles. The monoisotopic (exact) mass is 372 g/mol. The molecule has 144 valence electrons. The number of nitrogens with one attached hydrogen (secondary N) is 2. The standard InChI is InChI=1S/C20H24N2O5/c1-25-17-8-9-18(26-2)16(12-17)10-11-21-19(23)13-22-20(24)27-14-15-6-4-3-5-7-15/h3-9,12H,10-11,13-14H2,1-2H3,(H,21,23)(H,22,24). The van der Waals surface area contributed by atoms with Crippen molar-refractivity contribution in [2.75, 3.05) is 27.3 Å². The molecule has 0 atom stereocenters. The number of alkyl carbamates (subject to hydrolysis) is 1. The van der Waals surface area contributed by atoms with Crippen LogP contribution in [0, 0.1) is 0 Å². The minimum absolute atomic E-state index is 0.150. The summed E-state index contributed by atoms with van der Waals surface area (Å²) in [6, 6.07) is 14.8. The zero-order chi connectivity index (χ0) is 19.5. The van der Waals surface area contributed by atoms with Gasteiger partial charge in [0, 0.05) is 6.54 Å². The second-order valence-corrected chi connectivity index (χ2v) is 5.69. The maximum atomic E-state index is 11.9. The van der Waals surface area contributed by atoms with E-state index in [2.05, 4.69) is 10.6 Å². The molecule has 2 N–H and O–H groups in total. The highest BCUT2D eigenvalue weighted by Crippen LogP contribution is 2.24. The molecule has 0 heterocycles. The highest BCUT2D eigenvalue weighted by Gasteiger charge is 2.08. The molecule has 0 radical (unpaired) electrons. The van der Waals surface area contributed by atoms with Crippen molar-refractivity contribution in [3.63, 3.8) is 0 Å². The van der Waals surface area contributed by atoms with Gasteiger partial charge in [-0.1, -0.05) is 30.3 Å². The summed E-state index contributed by atoms with van der Waals surface area (Å²) in [7, 11) is 3.19. The molecule has 0 unspecified atom stereocenters. The van der Waals surface area contributed by atoms with Gasteiger partial charge in [0.25, 0.3) is 0 Å². The van der Waals surface area contributed by atoms with Gasteiger partial charge in [0.15, 0.2) is 0 Å². The lowest BCUT2D eigenvalue weighted by Gasteiger charge is -2.11. The fourth-order valence-electron chi connectivity index (χ4n) is 2.40. The van der Waals surface area contributed by atoms with Gasteiger partial charge < -0.3 is 24.8 Å². The number of amides is 2. The molecule has 7 nitrogen and oxygen atoms in total. The van der Waals surface area contributed by atoms with Crippen molar-refractivity contribution in [1.82, 2.24) is 10.6 Å². The van der Waals surface area contributed by atoms with E-state index < -0.39 is 6.09 Å². The molecule has 0 saturated heterocycles. The Morgan fingerprint density at radius 2 is 1.74 bits per heavy atom. The molecular formula is C20H24N2O5. The molecule has 0 aliphatic heterocycles. The molecule has 2 amide bonds. The molecule has 0 aromatic heterocycles. The van der Waals surface area contributed by atoms with E-state index in [0.717, 1.165) is 22.6 Å². The number of hydrogen-bond donors (Lipinski definition) is 2. The largest absolute Gasteiger partial charge is 0.497 e. The maximum Gasteiger partial charge on any atom is 0.407 e. The van der Waals surface area contributed by atoms with Gasteiger partial charge in [-0.15, -0.1) is 0 Å². The molecule has 0 fully saturated rings. The van der Waals surface area contributed by atoms with Crippen LogP contribution in [0.4, 0.5) is 4.79 Å². The fraction of sp³-hybridized carbons (Fsp3) is 0.300. The van der Waals surface area contributed by atoms with Gasteiger partial charge in [-0.25, -0.2) is 4.79 Å². The number of benzene rings is 2. The second kappa shape index (κ2) is 10.7. The van der Waals surface area contributed by atoms with E-state index in [-0.39, 0.29) is 19.1 Å². The zero-order valence-electron chi connectivity index (χ0n) is 15.5. The van der Waals surface area contributed by atoms with Crippen LogP contribution in [0.5, 0.6) is 11.5 Å². The summed E-state index contributed by atoms with van der Waals surface area (Å²) in [6.07, 6.45) is -0.0617. The van der Waals surface area contributed by atoms with Crippen molar-refractivity contribution >= 4 is 12.0 Å². The van der Waals surface area contributed by atoms with Gasteiger partial charge in [-0.3, -0.25) is 4.79 Å². The summed E-state index contributed by atoms with van der Waals surface area (Å²) < 4.78 is 15.5. The van der Waals surface area contributed by atoms with Crippen LogP contribution in [0.25, 0.3) is 0 Å². The summed E-state index contributed by atoms with van der Waals surface area (Å²) in [5.41, 5.74) is 1.80. The zero-order valence-corrected chi connectivity index (χ0v) is 15.5. The van der Waals surface area contributed by atoms with Gasteiger partial charge >= 0.3 is 6.09 Å². The van der Waals surface area contributed by atoms with Crippen LogP contribution in [0.2, 0.25) is 0 Å². The van der Waals surface area contributed by atoms with Crippen molar-refractivity contribution in [2.24, 2.45) is 0 Å². The first-order valence-electron chi connectivity index (χ1n) is 8.54. The molecular weight excluding hydrogens is 348 g/mol. The fourth-order valence-corrected chi connectivity index (χ4v) is 2.40. The molecule has 2 rings (SSSR count). The van der Waals surface area contributed by atoms with Crippen LogP contribution in [0.15, 0.2) is 48.5 Å². The SMILES string of the molecule is COc1ccc(OC)c(CCNC(=O)CNC(=O)OCc2ccccc2)c1. The predicted octanol–water partition coefficient (Wildman–Crippen LogP) is 2.29. The molecule has 0 aliphatic carbocycles. The third-order valence-electron chi connectivity index (χ3n) is 3.81. The molecule has 27 heavy (non-hydrogen) atoms. The normalized spacial score (nSPS) is 10.0. The van der Waals surface area contributed by atoms with Crippen LogP contribution >= 0.6 is 0 Å². The summed E-state index contributed by atoms with van der Waals surface area (Å²) >= 11 is 0. The average molecular weight is 372 g/mol. The number of hydrogen-bond acceptors (Lipinski definition) is 5. The van der Waals surface area contributed by atoms with Crippen LogP contribution in [-0.2, 0) is 22.6 Å². The summed E-state index contributed by atoms with van der Waals surface area (Å²) in [5.74, 6) is 1.15. The Hall–Kier alpha value is -3.22. The lowest BCUT2D eigenvalue weighted by Crippen LogP contribution is -2.37. The molecule has 2 aromatic rings. The van der Waals surface area contributed by atoms with E-state index in [4.69, 9.17) is 14.2 Å². The molecule has 0 bridgehead atoms. The molecule has 0 aliphatic rings. The van der Waals surface area contributed by atoms with Crippen molar-refractivity contribution in [3.8, 4) is 11.5 Å². The number of rotatable bonds is 9. The summed E-state index contributed by atoms with van der Waals surface area (Å²) in [6.45, 7) is 0.413. The number of carbonyl (C=O) groups excluding carboxylic acids is 2. The van der Waals surface area contributed by atoms with Crippen molar-refractivity contribution in [2.45, 2.75) is 13.0 Å². The van der Waals surface area contributed by atoms with E-state index in [1.807, 2.05) is 48.5 Å². The highest BCUT2D eigenvalue weighted by molar-refractivity contribution is 5.82. The first kappa shape index (κ1) is 20.1. The Labute approximate surface area is 158 Å². The minimum atomic E-state index is -0.636. The maximum absolute atomic E-state index is 11.9. The Morgan fingerprint density at radius 1 is 0.963 bits per heavy atom. The van der Waals surface area contributed by atoms with Crippen molar-refractivity contribution in [3.05, 3.63) is 59.7 Å². The van der Waals surface area contributed by atoms with Crippen LogP contribution in [0.3, 0.4) is 0 Å². The van der Waals surface area contributed by atoms with Crippen molar-refractivity contribution in [1.29, 1.82) is 0 Å². The quantitative estimate of drug-likeness (QED) is 0.705. The van der Waals surface area contributed by atoms with Crippen LogP contribution < -0.4 is 20.1 Å². The van der Waals surface area contributed by atoms with E-state index in [1.165, 1.54) is 0 Å². The summed E-state index contributed by atoms with van der Waals surface area (Å²) in [5, 5.41) is 5.17. The van der Waals surface area contributed by atoms with Gasteiger partial charge in [0.05, 0.1) is 20.8 Å². The van der Waals surface area contributed by atoms with E-state index in [0.29, 0.717) is 13.0 Å². The van der Waals surface area contributed by atoms with E-state index in [1.54, 1.807) is 14.2 Å². The molecule has 2 aromatic carbocycles. The van der Waals surface area contributed by atoms with E-state index in [9.17, 15) is 9.59 Å². The Kier molecular flexibility index (Phi) is 7.96. The lowest BCUT2D eigenvalue weighted by molar-refractivity contribution is -0.120. The van der Waals surface area contributed by atoms with Gasteiger partial charge in [0.2, 0.25) is 5.91 Å². The summed E-state index contributed by atoms with van der Waals surface area (Å²) in [4.78, 5) is 23.5. The first-order chi connectivity index (χ1) is 13.1. The van der Waals surface area contributed by atoms with Gasteiger partial charge in [-0.05, 0) is 35.7 Å². The first-order valence-corrected chi connectivity index (χ1v) is 8.54.